The van der Waals surface area contributed by atoms with Gasteiger partial charge in [0, 0.05) is 5.38 Å². The van der Waals surface area contributed by atoms with Crippen LogP contribution in [0.15, 0.2) is 11.4 Å². The van der Waals surface area contributed by atoms with Crippen molar-refractivity contribution in [2.45, 2.75) is 12.6 Å². The third-order valence-electron chi connectivity index (χ3n) is 0.918. The summed E-state index contributed by atoms with van der Waals surface area (Å²) >= 11 is 1.16. The smallest absolute Gasteiger partial charge is 0.171 e. The second kappa shape index (κ2) is 2.62. The van der Waals surface area contributed by atoms with E-state index in [0.29, 0.717) is 0 Å². The lowest BCUT2D eigenvalue weighted by molar-refractivity contribution is -0.127. The molecule has 0 nitrogen and oxygen atoms in total. The molecule has 0 bridgehead atoms. The fraction of sp³-hybridized carbons (Fsp3) is 0.333. The van der Waals surface area contributed by atoms with Crippen molar-refractivity contribution >= 4 is 11.3 Å². The molecule has 1 heterocycles. The second-order valence-corrected chi connectivity index (χ2v) is 2.55. The summed E-state index contributed by atoms with van der Waals surface area (Å²) in [6.07, 6.45) is -4.96. The summed E-state index contributed by atoms with van der Waals surface area (Å²) in [5.41, 5.74) is 0.220. The summed E-state index contributed by atoms with van der Waals surface area (Å²) in [5.74, 6) is 0. The molecule has 1 aromatic rings. The summed E-state index contributed by atoms with van der Waals surface area (Å²) in [6.45, 7) is 0. The van der Waals surface area contributed by atoms with Crippen molar-refractivity contribution in [1.82, 2.24) is 0 Å². The molecule has 0 aliphatic rings. The number of alkyl halides is 3. The third-order valence-corrected chi connectivity index (χ3v) is 1.57. The number of rotatable bonds is 1. The highest BCUT2D eigenvalue weighted by Gasteiger charge is 2.27. The lowest BCUT2D eigenvalue weighted by atomic mass is 10.2. The number of halogens is 3. The number of thiophene rings is 1. The summed E-state index contributed by atoms with van der Waals surface area (Å²) in [5, 5.41) is 4.10. The van der Waals surface area contributed by atoms with Gasteiger partial charge in [-0.1, -0.05) is 0 Å². The van der Waals surface area contributed by atoms with E-state index in [0.717, 1.165) is 11.3 Å². The van der Waals surface area contributed by atoms with Crippen LogP contribution < -0.4 is 0 Å². The van der Waals surface area contributed by atoms with Gasteiger partial charge >= 0.3 is 6.18 Å². The molecule has 0 saturated heterocycles. The third kappa shape index (κ3) is 2.39. The van der Waals surface area contributed by atoms with E-state index in [1.165, 1.54) is 6.07 Å². The van der Waals surface area contributed by atoms with E-state index in [1.807, 2.05) is 0 Å². The van der Waals surface area contributed by atoms with Gasteiger partial charge in [-0.25, -0.2) is 0 Å². The largest absolute Gasteiger partial charge is 0.393 e. The Morgan fingerprint density at radius 3 is 2.60 bits per heavy atom. The van der Waals surface area contributed by atoms with Gasteiger partial charge in [-0.15, -0.1) is 11.3 Å². The molecule has 0 saturated carbocycles. The first kappa shape index (κ1) is 7.60. The predicted molar refractivity (Wildman–Crippen MR) is 32.9 cm³/mol. The van der Waals surface area contributed by atoms with E-state index in [9.17, 15) is 13.2 Å². The quantitative estimate of drug-likeness (QED) is 0.600. The molecule has 1 aromatic heterocycles. The van der Waals surface area contributed by atoms with Crippen molar-refractivity contribution in [3.8, 4) is 0 Å². The molecule has 0 atom stereocenters. The van der Waals surface area contributed by atoms with E-state index in [2.05, 4.69) is 5.38 Å². The molecule has 10 heavy (non-hydrogen) atoms. The molecule has 1 rings (SSSR count). The fourth-order valence-corrected chi connectivity index (χ4v) is 1.16. The molecule has 0 spiro atoms. The van der Waals surface area contributed by atoms with Crippen molar-refractivity contribution in [3.05, 3.63) is 22.4 Å². The minimum absolute atomic E-state index is 0.220. The second-order valence-electron chi connectivity index (χ2n) is 1.84. The van der Waals surface area contributed by atoms with Crippen LogP contribution in [0.25, 0.3) is 0 Å². The Hall–Kier alpha value is -0.510. The van der Waals surface area contributed by atoms with Gasteiger partial charge in [0.1, 0.15) is 0 Å². The normalized spacial score (nSPS) is 11.9. The van der Waals surface area contributed by atoms with E-state index in [4.69, 9.17) is 0 Å². The van der Waals surface area contributed by atoms with Crippen LogP contribution in [0.5, 0.6) is 0 Å². The van der Waals surface area contributed by atoms with Crippen molar-refractivity contribution < 1.29 is 13.2 Å². The molecule has 0 amide bonds. The van der Waals surface area contributed by atoms with Crippen LogP contribution in [-0.2, 0) is 6.42 Å². The molecule has 0 N–H and O–H groups in total. The number of hydrogen-bond donors (Lipinski definition) is 0. The minimum atomic E-state index is -4.10. The van der Waals surface area contributed by atoms with Crippen molar-refractivity contribution in [1.29, 1.82) is 0 Å². The standard InChI is InChI=1S/C6H4F3S/c7-6(8,9)3-5-1-2-10-4-5/h1-2H,3H2. The van der Waals surface area contributed by atoms with Crippen molar-refractivity contribution in [2.75, 3.05) is 0 Å². The highest BCUT2D eigenvalue weighted by molar-refractivity contribution is 7.07. The fourth-order valence-electron chi connectivity index (χ4n) is 0.571. The molecular weight excluding hydrogens is 161 g/mol. The molecule has 0 aliphatic heterocycles. The van der Waals surface area contributed by atoms with Gasteiger partial charge in [0.25, 0.3) is 0 Å². The van der Waals surface area contributed by atoms with Gasteiger partial charge in [-0.3, -0.25) is 0 Å². The average Bonchev–Trinajstić information content (AvgIpc) is 2.12. The Bertz CT molecular complexity index is 187. The van der Waals surface area contributed by atoms with Crippen LogP contribution >= 0.6 is 11.3 Å². The summed E-state index contributed by atoms with van der Waals surface area (Å²) in [4.78, 5) is 0. The highest BCUT2D eigenvalue weighted by Crippen LogP contribution is 2.21. The van der Waals surface area contributed by atoms with Crippen LogP contribution in [-0.4, -0.2) is 6.18 Å². The number of hydrogen-bond acceptors (Lipinski definition) is 1. The van der Waals surface area contributed by atoms with Crippen LogP contribution in [0, 0.1) is 5.38 Å². The maximum absolute atomic E-state index is 11.6. The maximum atomic E-state index is 11.6. The average molecular weight is 165 g/mol. The van der Waals surface area contributed by atoms with Crippen molar-refractivity contribution in [2.24, 2.45) is 0 Å². The van der Waals surface area contributed by atoms with Crippen molar-refractivity contribution in [3.63, 3.8) is 0 Å². The highest BCUT2D eigenvalue weighted by atomic mass is 32.1. The summed E-state index contributed by atoms with van der Waals surface area (Å²) in [6, 6.07) is 1.43. The molecule has 4 heteroatoms. The SMILES string of the molecule is FC(F)(F)Cc1[c]scc1. The Labute approximate surface area is 60.3 Å². The Morgan fingerprint density at radius 2 is 2.20 bits per heavy atom. The molecule has 1 radical (unpaired) electrons. The van der Waals surface area contributed by atoms with E-state index < -0.39 is 12.6 Å². The van der Waals surface area contributed by atoms with Crippen LogP contribution in [0.3, 0.4) is 0 Å². The lowest BCUT2D eigenvalue weighted by Gasteiger charge is -2.01. The first-order valence-electron chi connectivity index (χ1n) is 2.59. The molecule has 0 aromatic carbocycles. The monoisotopic (exact) mass is 165 g/mol. The van der Waals surface area contributed by atoms with Gasteiger partial charge < -0.3 is 0 Å². The van der Waals surface area contributed by atoms with Crippen LogP contribution in [0.1, 0.15) is 5.56 Å². The van der Waals surface area contributed by atoms with Gasteiger partial charge in [-0.2, -0.15) is 13.2 Å². The van der Waals surface area contributed by atoms with E-state index in [1.54, 1.807) is 5.38 Å². The molecule has 0 aliphatic carbocycles. The van der Waals surface area contributed by atoms with Crippen LogP contribution in [0.2, 0.25) is 0 Å². The molecule has 0 fully saturated rings. The van der Waals surface area contributed by atoms with E-state index >= 15 is 0 Å². The predicted octanol–water partition coefficient (Wildman–Crippen LogP) is 2.65. The summed E-state index contributed by atoms with van der Waals surface area (Å²) < 4.78 is 34.8. The first-order valence-corrected chi connectivity index (χ1v) is 3.47. The van der Waals surface area contributed by atoms with Crippen LogP contribution in [0.4, 0.5) is 13.2 Å². The Morgan fingerprint density at radius 1 is 1.50 bits per heavy atom. The molecule has 0 unspecified atom stereocenters. The van der Waals surface area contributed by atoms with Gasteiger partial charge in [0.05, 0.1) is 6.42 Å². The zero-order valence-corrected chi connectivity index (χ0v) is 5.72. The molecular formula is C6H4F3S. The Balaban J connectivity index is 2.57. The topological polar surface area (TPSA) is 0 Å². The lowest BCUT2D eigenvalue weighted by Crippen LogP contribution is -2.10. The Kier molecular flexibility index (Phi) is 1.99. The van der Waals surface area contributed by atoms with E-state index in [-0.39, 0.29) is 5.56 Å². The first-order chi connectivity index (χ1) is 4.58. The zero-order valence-electron chi connectivity index (χ0n) is 4.90. The van der Waals surface area contributed by atoms with Gasteiger partial charge in [0.2, 0.25) is 0 Å². The minimum Gasteiger partial charge on any atom is -0.171 e. The van der Waals surface area contributed by atoms with Gasteiger partial charge in [-0.05, 0) is 17.0 Å². The van der Waals surface area contributed by atoms with Gasteiger partial charge in [0.15, 0.2) is 0 Å². The maximum Gasteiger partial charge on any atom is 0.393 e. The summed E-state index contributed by atoms with van der Waals surface area (Å²) in [7, 11) is 0. The molecule has 55 valence electrons. The zero-order chi connectivity index (χ0) is 7.61.